The number of sulfonamides is 1. The van der Waals surface area contributed by atoms with E-state index in [1.165, 1.54) is 43.5 Å². The van der Waals surface area contributed by atoms with Gasteiger partial charge < -0.3 is 10.2 Å². The largest absolute Gasteiger partial charge is 0.354 e. The molecule has 1 saturated heterocycles. The van der Waals surface area contributed by atoms with Crippen LogP contribution >= 0.6 is 23.2 Å². The molecule has 3 rings (SSSR count). The molecule has 1 N–H and O–H groups in total. The number of nitrogens with zero attached hydrogens (tertiary/aromatic N) is 2. The van der Waals surface area contributed by atoms with Gasteiger partial charge in [-0.2, -0.15) is 0 Å². The first-order valence-electron chi connectivity index (χ1n) is 10.4. The molecule has 0 bridgehead atoms. The molecule has 1 aliphatic heterocycles. The fourth-order valence-electron chi connectivity index (χ4n) is 3.57. The molecule has 1 fully saturated rings. The minimum atomic E-state index is -3.96. The lowest BCUT2D eigenvalue weighted by molar-refractivity contribution is -0.119. The van der Waals surface area contributed by atoms with Crippen molar-refractivity contribution < 1.29 is 13.2 Å². The number of benzene rings is 2. The summed E-state index contributed by atoms with van der Waals surface area (Å²) in [7, 11) is -3.96. The lowest BCUT2D eigenvalue weighted by Crippen LogP contribution is -2.41. The summed E-state index contributed by atoms with van der Waals surface area (Å²) in [4.78, 5) is 15.1. The van der Waals surface area contributed by atoms with E-state index in [0.29, 0.717) is 11.6 Å². The van der Waals surface area contributed by atoms with E-state index in [-0.39, 0.29) is 28.1 Å². The van der Waals surface area contributed by atoms with Gasteiger partial charge in [0.05, 0.1) is 20.6 Å². The zero-order valence-electron chi connectivity index (χ0n) is 17.3. The third-order valence-electron chi connectivity index (χ3n) is 5.23. The summed E-state index contributed by atoms with van der Waals surface area (Å²) in [5.74, 6) is -0.371. The molecule has 0 spiro atoms. The molecule has 0 radical (unpaired) electrons. The fourth-order valence-corrected chi connectivity index (χ4v) is 5.30. The Morgan fingerprint density at radius 3 is 2.39 bits per heavy atom. The van der Waals surface area contributed by atoms with Crippen molar-refractivity contribution in [1.29, 1.82) is 0 Å². The lowest BCUT2D eigenvalue weighted by atomic mass is 10.1. The van der Waals surface area contributed by atoms with Crippen molar-refractivity contribution in [3.05, 3.63) is 58.6 Å². The molecule has 9 heteroatoms. The summed E-state index contributed by atoms with van der Waals surface area (Å²) in [5, 5.41) is 3.37. The van der Waals surface area contributed by atoms with Gasteiger partial charge in [0.1, 0.15) is 6.54 Å². The molecular formula is C22H27Cl2N3O3S. The maximum atomic E-state index is 13.3. The molecule has 1 amide bonds. The predicted octanol–water partition coefficient (Wildman–Crippen LogP) is 4.18. The van der Waals surface area contributed by atoms with Gasteiger partial charge in [-0.15, -0.1) is 0 Å². The number of piperidine rings is 1. The predicted molar refractivity (Wildman–Crippen MR) is 125 cm³/mol. The number of rotatable bonds is 9. The molecular weight excluding hydrogens is 457 g/mol. The molecule has 0 saturated carbocycles. The Bertz CT molecular complexity index is 981. The van der Waals surface area contributed by atoms with Crippen LogP contribution in [0.4, 0.5) is 5.69 Å². The van der Waals surface area contributed by atoms with E-state index in [0.717, 1.165) is 30.4 Å². The Hall–Kier alpha value is -1.80. The van der Waals surface area contributed by atoms with Gasteiger partial charge in [0.25, 0.3) is 10.0 Å². The minimum Gasteiger partial charge on any atom is -0.354 e. The van der Waals surface area contributed by atoms with Crippen LogP contribution in [0.15, 0.2) is 53.4 Å². The highest BCUT2D eigenvalue weighted by Gasteiger charge is 2.27. The monoisotopic (exact) mass is 483 g/mol. The van der Waals surface area contributed by atoms with E-state index in [1.807, 2.05) is 0 Å². The zero-order valence-corrected chi connectivity index (χ0v) is 19.6. The molecule has 1 aliphatic rings. The van der Waals surface area contributed by atoms with Gasteiger partial charge >= 0.3 is 0 Å². The van der Waals surface area contributed by atoms with Crippen molar-refractivity contribution in [2.24, 2.45) is 0 Å². The minimum absolute atomic E-state index is 0.0963. The Balaban J connectivity index is 1.69. The average Bonchev–Trinajstić information content (AvgIpc) is 2.78. The first-order valence-corrected chi connectivity index (χ1v) is 12.6. The smallest absolute Gasteiger partial charge is 0.264 e. The number of anilines is 1. The van der Waals surface area contributed by atoms with Crippen molar-refractivity contribution in [2.45, 2.75) is 30.6 Å². The van der Waals surface area contributed by atoms with Crippen LogP contribution in [0.3, 0.4) is 0 Å². The second-order valence-electron chi connectivity index (χ2n) is 7.53. The van der Waals surface area contributed by atoms with Crippen molar-refractivity contribution in [3.63, 3.8) is 0 Å². The van der Waals surface area contributed by atoms with Crippen molar-refractivity contribution in [1.82, 2.24) is 10.2 Å². The number of likely N-dealkylation sites (tertiary alicyclic amines) is 1. The van der Waals surface area contributed by atoms with Crippen LogP contribution in [0.25, 0.3) is 0 Å². The fraction of sp³-hybridized carbons (Fsp3) is 0.409. The summed E-state index contributed by atoms with van der Waals surface area (Å²) >= 11 is 12.1. The van der Waals surface area contributed by atoms with E-state index in [4.69, 9.17) is 23.2 Å². The van der Waals surface area contributed by atoms with Gasteiger partial charge in [0.15, 0.2) is 0 Å². The molecule has 31 heavy (non-hydrogen) atoms. The van der Waals surface area contributed by atoms with E-state index in [1.54, 1.807) is 24.3 Å². The van der Waals surface area contributed by atoms with Gasteiger partial charge in [0.2, 0.25) is 5.91 Å². The standard InChI is InChI=1S/C22H27Cl2N3O3S/c23-20-11-10-18(16-21(20)24)27(31(29,30)19-8-3-1-4-9-19)17-22(28)25-12-7-15-26-13-5-2-6-14-26/h1,3-4,8-11,16H,2,5-7,12-15,17H2,(H,25,28). The number of halogens is 2. The van der Waals surface area contributed by atoms with Crippen molar-refractivity contribution >= 4 is 44.8 Å². The first kappa shape index (κ1) is 23.9. The van der Waals surface area contributed by atoms with Crippen LogP contribution in [0.5, 0.6) is 0 Å². The second-order valence-corrected chi connectivity index (χ2v) is 10.2. The average molecular weight is 484 g/mol. The number of nitrogens with one attached hydrogen (secondary N) is 1. The highest BCUT2D eigenvalue weighted by atomic mass is 35.5. The highest BCUT2D eigenvalue weighted by molar-refractivity contribution is 7.92. The number of carbonyl (C=O) groups is 1. The summed E-state index contributed by atoms with van der Waals surface area (Å²) in [5.41, 5.74) is 0.279. The normalized spacial score (nSPS) is 14.9. The van der Waals surface area contributed by atoms with Crippen LogP contribution in [-0.2, 0) is 14.8 Å². The Morgan fingerprint density at radius 1 is 1.00 bits per heavy atom. The molecule has 0 aromatic heterocycles. The SMILES string of the molecule is O=C(CN(c1ccc(Cl)c(Cl)c1)S(=O)(=O)c1ccccc1)NCCCN1CCCCC1. The zero-order chi connectivity index (χ0) is 22.3. The Labute approximate surface area is 194 Å². The van der Waals surface area contributed by atoms with Gasteiger partial charge in [-0.25, -0.2) is 8.42 Å². The summed E-state index contributed by atoms with van der Waals surface area (Å²) in [6, 6.07) is 12.5. The topological polar surface area (TPSA) is 69.7 Å². The van der Waals surface area contributed by atoms with Crippen LogP contribution in [0, 0.1) is 0 Å². The van der Waals surface area contributed by atoms with Crippen LogP contribution in [-0.4, -0.2) is 51.9 Å². The van der Waals surface area contributed by atoms with Gasteiger partial charge in [-0.05, 0) is 69.2 Å². The molecule has 2 aromatic rings. The van der Waals surface area contributed by atoms with Gasteiger partial charge in [-0.3, -0.25) is 9.10 Å². The maximum absolute atomic E-state index is 13.3. The number of hydrogen-bond donors (Lipinski definition) is 1. The molecule has 0 atom stereocenters. The number of amides is 1. The summed E-state index contributed by atoms with van der Waals surface area (Å²) < 4.78 is 27.6. The quantitative estimate of drug-likeness (QED) is 0.543. The van der Waals surface area contributed by atoms with Crippen molar-refractivity contribution in [2.75, 3.05) is 37.0 Å². The third-order valence-corrected chi connectivity index (χ3v) is 7.76. The van der Waals surface area contributed by atoms with Crippen molar-refractivity contribution in [3.8, 4) is 0 Å². The van der Waals surface area contributed by atoms with E-state index in [2.05, 4.69) is 10.2 Å². The Kier molecular flexibility index (Phi) is 8.60. The number of hydrogen-bond acceptors (Lipinski definition) is 4. The second kappa shape index (κ2) is 11.2. The van der Waals surface area contributed by atoms with E-state index in [9.17, 15) is 13.2 Å². The molecule has 168 valence electrons. The van der Waals surface area contributed by atoms with E-state index >= 15 is 0 Å². The number of carbonyl (C=O) groups excluding carboxylic acids is 1. The molecule has 1 heterocycles. The highest BCUT2D eigenvalue weighted by Crippen LogP contribution is 2.30. The van der Waals surface area contributed by atoms with Crippen LogP contribution in [0.2, 0.25) is 10.0 Å². The third kappa shape index (κ3) is 6.59. The molecule has 0 aliphatic carbocycles. The van der Waals surface area contributed by atoms with Crippen LogP contribution < -0.4 is 9.62 Å². The molecule has 2 aromatic carbocycles. The Morgan fingerprint density at radius 2 is 1.71 bits per heavy atom. The summed E-state index contributed by atoms with van der Waals surface area (Å²) in [6.45, 7) is 3.29. The van der Waals surface area contributed by atoms with Gasteiger partial charge in [-0.1, -0.05) is 47.8 Å². The molecule has 0 unspecified atom stereocenters. The summed E-state index contributed by atoms with van der Waals surface area (Å²) in [6.07, 6.45) is 4.56. The van der Waals surface area contributed by atoms with Gasteiger partial charge in [0, 0.05) is 6.54 Å². The molecule has 6 nitrogen and oxygen atoms in total. The van der Waals surface area contributed by atoms with E-state index < -0.39 is 10.0 Å². The lowest BCUT2D eigenvalue weighted by Gasteiger charge is -2.26. The first-order chi connectivity index (χ1) is 14.9. The maximum Gasteiger partial charge on any atom is 0.264 e. The van der Waals surface area contributed by atoms with Crippen LogP contribution in [0.1, 0.15) is 25.7 Å².